The molecule has 2 unspecified atom stereocenters. The quantitative estimate of drug-likeness (QED) is 0.896. The molecule has 0 amide bonds. The van der Waals surface area contributed by atoms with Crippen molar-refractivity contribution in [3.63, 3.8) is 0 Å². The number of nitrogens with one attached hydrogen (secondary N) is 1. The van der Waals surface area contributed by atoms with E-state index in [4.69, 9.17) is 0 Å². The number of pyridine rings is 1. The van der Waals surface area contributed by atoms with E-state index in [0.717, 1.165) is 24.6 Å². The first-order chi connectivity index (χ1) is 9.63. The summed E-state index contributed by atoms with van der Waals surface area (Å²) >= 11 is 0. The first kappa shape index (κ1) is 15.1. The lowest BCUT2D eigenvalue weighted by molar-refractivity contribution is 0.190. The molecule has 4 heteroatoms. The maximum atomic E-state index is 4.57. The van der Waals surface area contributed by atoms with Gasteiger partial charge in [-0.25, -0.2) is 4.98 Å². The monoisotopic (exact) mass is 276 g/mol. The fourth-order valence-electron chi connectivity index (χ4n) is 2.86. The summed E-state index contributed by atoms with van der Waals surface area (Å²) < 4.78 is 0. The van der Waals surface area contributed by atoms with Crippen LogP contribution in [0.2, 0.25) is 0 Å². The second-order valence-electron chi connectivity index (χ2n) is 5.77. The summed E-state index contributed by atoms with van der Waals surface area (Å²) in [6.45, 7) is 9.80. The molecule has 1 N–H and O–H groups in total. The molecule has 2 rings (SSSR count). The summed E-state index contributed by atoms with van der Waals surface area (Å²) in [5.74, 6) is 1.07. The lowest BCUT2D eigenvalue weighted by Gasteiger charge is -2.35. The summed E-state index contributed by atoms with van der Waals surface area (Å²) in [6.07, 6.45) is 4.38. The van der Waals surface area contributed by atoms with Crippen molar-refractivity contribution in [3.05, 3.63) is 18.3 Å². The van der Waals surface area contributed by atoms with Crippen molar-refractivity contribution in [2.75, 3.05) is 36.9 Å². The predicted octanol–water partition coefficient (Wildman–Crippen LogP) is 2.82. The highest BCUT2D eigenvalue weighted by Gasteiger charge is 2.22. The van der Waals surface area contributed by atoms with Crippen LogP contribution in [0.4, 0.5) is 11.5 Å². The van der Waals surface area contributed by atoms with E-state index in [-0.39, 0.29) is 0 Å². The Labute approximate surface area is 123 Å². The molecule has 20 heavy (non-hydrogen) atoms. The van der Waals surface area contributed by atoms with Crippen LogP contribution in [0.1, 0.15) is 33.6 Å². The summed E-state index contributed by atoms with van der Waals surface area (Å²) in [6, 6.07) is 5.50. The van der Waals surface area contributed by atoms with E-state index in [1.54, 1.807) is 0 Å². The molecule has 0 saturated carbocycles. The Hall–Kier alpha value is -1.29. The van der Waals surface area contributed by atoms with Crippen LogP contribution in [0.25, 0.3) is 0 Å². The number of aromatic nitrogens is 1. The van der Waals surface area contributed by atoms with Gasteiger partial charge < -0.3 is 15.1 Å². The van der Waals surface area contributed by atoms with Crippen molar-refractivity contribution >= 4 is 11.5 Å². The van der Waals surface area contributed by atoms with Crippen molar-refractivity contribution in [1.82, 2.24) is 9.88 Å². The van der Waals surface area contributed by atoms with Crippen LogP contribution in [0.5, 0.6) is 0 Å². The number of nitrogens with zero attached hydrogens (tertiary/aromatic N) is 3. The average molecular weight is 276 g/mol. The number of hydrogen-bond acceptors (Lipinski definition) is 4. The maximum absolute atomic E-state index is 4.57. The fourth-order valence-corrected chi connectivity index (χ4v) is 2.86. The van der Waals surface area contributed by atoms with Gasteiger partial charge in [0.15, 0.2) is 0 Å². The normalized spacial score (nSPS) is 23.6. The number of likely N-dealkylation sites (tertiary alicyclic amines) is 1. The molecule has 2 atom stereocenters. The minimum Gasteiger partial charge on any atom is -0.381 e. The molecule has 1 aromatic heterocycles. The van der Waals surface area contributed by atoms with Crippen LogP contribution in [0, 0.1) is 0 Å². The third-order valence-electron chi connectivity index (χ3n) is 4.41. The summed E-state index contributed by atoms with van der Waals surface area (Å²) in [7, 11) is 2.21. The zero-order valence-electron chi connectivity index (χ0n) is 13.3. The van der Waals surface area contributed by atoms with Crippen LogP contribution >= 0.6 is 0 Å². The molecule has 0 bridgehead atoms. The van der Waals surface area contributed by atoms with Crippen LogP contribution in [0.3, 0.4) is 0 Å². The van der Waals surface area contributed by atoms with Crippen LogP contribution in [-0.4, -0.2) is 48.6 Å². The molecule has 0 spiro atoms. The Bertz CT molecular complexity index is 399. The summed E-state index contributed by atoms with van der Waals surface area (Å²) in [4.78, 5) is 9.27. The van der Waals surface area contributed by atoms with Gasteiger partial charge in [0.05, 0.1) is 11.9 Å². The molecule has 0 radical (unpaired) electrons. The van der Waals surface area contributed by atoms with Gasteiger partial charge in [-0.1, -0.05) is 0 Å². The van der Waals surface area contributed by atoms with Crippen molar-refractivity contribution in [2.45, 2.75) is 45.7 Å². The zero-order chi connectivity index (χ0) is 14.5. The lowest BCUT2D eigenvalue weighted by atomic mass is 9.99. The molecule has 1 aliphatic rings. The third kappa shape index (κ3) is 3.63. The van der Waals surface area contributed by atoms with Crippen molar-refractivity contribution in [1.29, 1.82) is 0 Å². The van der Waals surface area contributed by atoms with Gasteiger partial charge in [0.2, 0.25) is 0 Å². The van der Waals surface area contributed by atoms with Crippen LogP contribution in [0.15, 0.2) is 18.3 Å². The van der Waals surface area contributed by atoms with Gasteiger partial charge in [-0.2, -0.15) is 0 Å². The van der Waals surface area contributed by atoms with Crippen LogP contribution < -0.4 is 10.2 Å². The zero-order valence-corrected chi connectivity index (χ0v) is 13.3. The van der Waals surface area contributed by atoms with Gasteiger partial charge in [-0.3, -0.25) is 0 Å². The molecule has 1 fully saturated rings. The van der Waals surface area contributed by atoms with E-state index in [1.165, 1.54) is 19.4 Å². The number of rotatable bonds is 5. The maximum Gasteiger partial charge on any atom is 0.128 e. The van der Waals surface area contributed by atoms with E-state index >= 15 is 0 Å². The highest BCUT2D eigenvalue weighted by Crippen LogP contribution is 2.20. The lowest BCUT2D eigenvalue weighted by Crippen LogP contribution is -2.42. The van der Waals surface area contributed by atoms with Crippen molar-refractivity contribution < 1.29 is 0 Å². The molecule has 0 aromatic carbocycles. The van der Waals surface area contributed by atoms with Gasteiger partial charge >= 0.3 is 0 Å². The first-order valence-corrected chi connectivity index (χ1v) is 7.81. The number of piperidine rings is 1. The number of anilines is 2. The Morgan fingerprint density at radius 3 is 2.65 bits per heavy atom. The van der Waals surface area contributed by atoms with Crippen molar-refractivity contribution in [3.8, 4) is 0 Å². The standard InChI is InChI=1S/C16H28N4/c1-5-20(6-2)16-8-7-15(12-17-16)18-14-9-10-19(4)13(3)11-14/h7-8,12-14,18H,5-6,9-11H2,1-4H3. The Morgan fingerprint density at radius 2 is 2.10 bits per heavy atom. The van der Waals surface area contributed by atoms with E-state index in [1.807, 2.05) is 6.20 Å². The molecule has 4 nitrogen and oxygen atoms in total. The summed E-state index contributed by atoms with van der Waals surface area (Å²) in [5, 5.41) is 3.63. The third-order valence-corrected chi connectivity index (χ3v) is 4.41. The second kappa shape index (κ2) is 6.93. The number of hydrogen-bond donors (Lipinski definition) is 1. The predicted molar refractivity (Wildman–Crippen MR) is 86.5 cm³/mol. The van der Waals surface area contributed by atoms with E-state index < -0.39 is 0 Å². The summed E-state index contributed by atoms with van der Waals surface area (Å²) in [5.41, 5.74) is 1.14. The van der Waals surface area contributed by atoms with Crippen molar-refractivity contribution in [2.24, 2.45) is 0 Å². The topological polar surface area (TPSA) is 31.4 Å². The van der Waals surface area contributed by atoms with Crippen LogP contribution in [-0.2, 0) is 0 Å². The molecule has 112 valence electrons. The van der Waals surface area contributed by atoms with Gasteiger partial charge in [0, 0.05) is 31.7 Å². The smallest absolute Gasteiger partial charge is 0.128 e. The molecule has 0 aliphatic carbocycles. The van der Waals surface area contributed by atoms with E-state index in [2.05, 4.69) is 60.1 Å². The molecular formula is C16H28N4. The van der Waals surface area contributed by atoms with E-state index in [0.29, 0.717) is 12.1 Å². The minimum absolute atomic E-state index is 0.572. The van der Waals surface area contributed by atoms with Gasteiger partial charge in [0.25, 0.3) is 0 Å². The molecule has 2 heterocycles. The Morgan fingerprint density at radius 1 is 1.35 bits per heavy atom. The average Bonchev–Trinajstić information content (AvgIpc) is 2.46. The molecule has 1 aliphatic heterocycles. The van der Waals surface area contributed by atoms with Gasteiger partial charge in [-0.15, -0.1) is 0 Å². The SMILES string of the molecule is CCN(CC)c1ccc(NC2CCN(C)C(C)C2)cn1. The van der Waals surface area contributed by atoms with Gasteiger partial charge in [0.1, 0.15) is 5.82 Å². The highest BCUT2D eigenvalue weighted by molar-refractivity contribution is 5.49. The van der Waals surface area contributed by atoms with Gasteiger partial charge in [-0.05, 0) is 52.8 Å². The molecular weight excluding hydrogens is 248 g/mol. The largest absolute Gasteiger partial charge is 0.381 e. The fraction of sp³-hybridized carbons (Fsp3) is 0.688. The molecule has 1 saturated heterocycles. The van der Waals surface area contributed by atoms with E-state index in [9.17, 15) is 0 Å². The Kier molecular flexibility index (Phi) is 5.24. The highest BCUT2D eigenvalue weighted by atomic mass is 15.2. The first-order valence-electron chi connectivity index (χ1n) is 7.81. The second-order valence-corrected chi connectivity index (χ2v) is 5.77. The minimum atomic E-state index is 0.572. The Balaban J connectivity index is 1.94. The molecule has 1 aromatic rings.